The predicted molar refractivity (Wildman–Crippen MR) is 521 cm³/mol. The predicted octanol–water partition coefficient (Wildman–Crippen LogP) is 10.6. The van der Waals surface area contributed by atoms with Gasteiger partial charge in [0.1, 0.15) is 105 Å². The van der Waals surface area contributed by atoms with Crippen molar-refractivity contribution in [3.63, 3.8) is 0 Å². The first-order valence-electron chi connectivity index (χ1n) is 46.4. The number of aromatic amines is 5. The molecular weight excluding hydrogens is 1910 g/mol. The van der Waals surface area contributed by atoms with E-state index in [1.807, 2.05) is 105 Å². The zero-order chi connectivity index (χ0) is 101. The van der Waals surface area contributed by atoms with Crippen LogP contribution in [0.25, 0.3) is 85.8 Å². The molecule has 147 heavy (non-hydrogen) atoms. The molecule has 0 radical (unpaired) electrons. The number of anilines is 5. The highest BCUT2D eigenvalue weighted by atomic mass is 35.5. The molecule has 25 heterocycles. The average Bonchev–Trinajstić information content (AvgIpc) is 1.67. The van der Waals surface area contributed by atoms with E-state index in [1.165, 1.54) is 10.6 Å². The fourth-order valence-electron chi connectivity index (χ4n) is 18.0. The lowest BCUT2D eigenvalue weighted by Crippen LogP contribution is -2.52. The van der Waals surface area contributed by atoms with E-state index in [4.69, 9.17) is 66.3 Å². The van der Waals surface area contributed by atoms with Crippen molar-refractivity contribution in [1.82, 2.24) is 178 Å². The lowest BCUT2D eigenvalue weighted by atomic mass is 10.0. The van der Waals surface area contributed by atoms with Crippen molar-refractivity contribution in [3.8, 4) is 75.8 Å². The normalized spacial score (nSPS) is 19.7. The summed E-state index contributed by atoms with van der Waals surface area (Å²) in [5.41, 5.74) is 11.1. The molecule has 10 unspecified atom stereocenters. The van der Waals surface area contributed by atoms with E-state index in [2.05, 4.69) is 181 Å². The van der Waals surface area contributed by atoms with Gasteiger partial charge in [0.25, 0.3) is 0 Å². The number of nitrogens with zero attached hydrogens (tertiary/aromatic N) is 39. The second kappa shape index (κ2) is 41.5. The van der Waals surface area contributed by atoms with Crippen LogP contribution in [0, 0.1) is 34.0 Å². The van der Waals surface area contributed by atoms with Crippen LogP contribution in [0.4, 0.5) is 42.3 Å². The highest BCUT2D eigenvalue weighted by molar-refractivity contribution is 6.29. The quantitative estimate of drug-likeness (QED) is 0.0636. The lowest BCUT2D eigenvalue weighted by molar-refractivity contribution is -0.141. The van der Waals surface area contributed by atoms with Crippen molar-refractivity contribution in [2.75, 3.05) is 97.0 Å². The number of likely N-dealkylation sites (N-methyl/N-ethyl adjacent to an activating group) is 1. The number of rotatable bonds is 15. The van der Waals surface area contributed by atoms with Gasteiger partial charge in [-0.05, 0) is 72.0 Å². The molecule has 0 aromatic carbocycles. The summed E-state index contributed by atoms with van der Waals surface area (Å²) < 4.78 is 72.2. The molecule has 25 rings (SSSR count). The number of ether oxygens (including phenoxy) is 4. The van der Waals surface area contributed by atoms with Crippen LogP contribution in [0.15, 0.2) is 216 Å². The molecule has 5 fully saturated rings. The molecule has 740 valence electrons. The maximum absolute atomic E-state index is 13.1. The molecule has 5 aliphatic rings. The highest BCUT2D eigenvalue weighted by Crippen LogP contribution is 2.38. The Labute approximate surface area is 836 Å². The number of fused-ring (bicyclic) bond motifs is 5. The van der Waals surface area contributed by atoms with E-state index >= 15 is 0 Å². The van der Waals surface area contributed by atoms with Crippen LogP contribution in [0.5, 0.6) is 0 Å². The zero-order valence-electron chi connectivity index (χ0n) is 79.1. The molecule has 0 spiro atoms. The summed E-state index contributed by atoms with van der Waals surface area (Å²) in [5, 5.41) is 62.2. The summed E-state index contributed by atoms with van der Waals surface area (Å²) in [5.74, 6) is 6.42. The van der Waals surface area contributed by atoms with E-state index in [9.17, 15) is 13.2 Å². The number of H-pyrrole nitrogens is 5. The number of piperazine rings is 1. The third kappa shape index (κ3) is 20.7. The van der Waals surface area contributed by atoms with Crippen molar-refractivity contribution < 1.29 is 32.1 Å². The third-order valence-electron chi connectivity index (χ3n) is 25.1. The molecule has 0 amide bonds. The Morgan fingerprint density at radius 2 is 0.592 bits per heavy atom. The van der Waals surface area contributed by atoms with E-state index in [-0.39, 0.29) is 66.6 Å². The number of nitrogens with one attached hydrogen (secondary N) is 5. The molecule has 5 N–H and O–H groups in total. The van der Waals surface area contributed by atoms with Crippen LogP contribution in [0.1, 0.15) is 116 Å². The van der Waals surface area contributed by atoms with Crippen LogP contribution in [-0.4, -0.2) is 281 Å². The van der Waals surface area contributed by atoms with Gasteiger partial charge in [-0.2, -0.15) is 54.5 Å². The van der Waals surface area contributed by atoms with Gasteiger partial charge in [0.05, 0.1) is 150 Å². The summed E-state index contributed by atoms with van der Waals surface area (Å²) in [6, 6.07) is 15.9. The van der Waals surface area contributed by atoms with Gasteiger partial charge in [0.2, 0.25) is 0 Å². The molecule has 0 bridgehead atoms. The smallest absolute Gasteiger partial charge is 0.367 e. The number of hydrogen-bond acceptors (Lipinski definition) is 38. The fourth-order valence-corrected chi connectivity index (χ4v) is 18.1. The van der Waals surface area contributed by atoms with Crippen molar-refractivity contribution in [2.24, 2.45) is 0 Å². The Hall–Kier alpha value is -18.1. The van der Waals surface area contributed by atoms with E-state index in [0.29, 0.717) is 135 Å². The van der Waals surface area contributed by atoms with Gasteiger partial charge in [-0.1, -0.05) is 11.6 Å². The number of imidazole rings is 5. The SMILES string of the molecule is CC1CN(c2ccnc(-c3cnc4cnc(C#N)cn34)n2)CC(c2cn[nH]c2)O1.CC1CN(c2ccnc(-c3cnc4cnc(C#N)cn34)n2)CC(c2cn[nH]c2)O1.CC1CN(c2ccnc(-c3cnc4cnc(C#N)cn34)n2)CC(c2cn[nH]c2)O1.CC1CN(c2ccnc(-c3cnc4cnc(C(F)(F)F)cn34)n2)CC(c2cn[nH]c2)N1C.CC1CN(c2ccnc(-c3cnc4cnc(Cl)cn34)n2)CC(c2cn[nH]c2)O1. The number of halogens is 4. The number of aromatic nitrogens is 35. The van der Waals surface area contributed by atoms with Gasteiger partial charge in [-0.15, -0.1) is 0 Å². The van der Waals surface area contributed by atoms with Gasteiger partial charge in [-0.3, -0.25) is 52.4 Å². The second-order valence-electron chi connectivity index (χ2n) is 35.1. The van der Waals surface area contributed by atoms with E-state index in [0.717, 1.165) is 102 Å². The summed E-state index contributed by atoms with van der Waals surface area (Å²) in [6.45, 7) is 17.3. The molecule has 0 aliphatic carbocycles. The molecule has 20 aromatic rings. The standard InChI is InChI=1S/C20H20F3N9.3C19H17N9O.C18H17ClN8O/c1-12-9-31(10-15(30(12)2)13-5-27-28-6-13)17-3-4-24-19(29-17)14-7-26-18-8-25-16(11-32(14)18)20(21,22)23;3*1-12-9-27(11-16(29-12)13-5-24-25-6-13)17-2-3-21-19(26-17)15-7-23-18-8-22-14(4-20)10-28(15)18;1-11-8-26(9-14(28-11)12-4-23-24-5-12)16-2-3-20-18(25-16)13-6-22-17-7-21-15(19)10-27(13)17/h3-8,11-12,15H,9-10H2,1-2H3,(H,27,28);3*2-3,5-8,10,12,16H,9,11H2,1H3,(H,24,25);2-7,10-11,14H,8-9H2,1H3,(H,23,24). The first-order chi connectivity index (χ1) is 71.6. The molecule has 5 aliphatic heterocycles. The first-order valence-corrected chi connectivity index (χ1v) is 46.8. The first kappa shape index (κ1) is 95.1. The van der Waals surface area contributed by atoms with Crippen LogP contribution in [0.3, 0.4) is 0 Å². The molecular formula is C95H88ClF3N44O4. The molecule has 5 saturated heterocycles. The monoisotopic (exact) mass is 2000 g/mol. The van der Waals surface area contributed by atoms with Gasteiger partial charge in [0, 0.05) is 166 Å². The van der Waals surface area contributed by atoms with Crippen molar-refractivity contribution in [2.45, 2.75) is 102 Å². The van der Waals surface area contributed by atoms with Crippen LogP contribution in [-0.2, 0) is 25.1 Å². The zero-order valence-corrected chi connectivity index (χ0v) is 79.9. The van der Waals surface area contributed by atoms with Crippen LogP contribution in [0.2, 0.25) is 5.15 Å². The van der Waals surface area contributed by atoms with Crippen molar-refractivity contribution in [1.29, 1.82) is 15.8 Å². The van der Waals surface area contributed by atoms with E-state index < -0.39 is 11.9 Å². The number of hydrogen-bond donors (Lipinski definition) is 5. The topological polar surface area (TPSA) is 551 Å². The molecule has 52 heteroatoms. The van der Waals surface area contributed by atoms with Crippen molar-refractivity contribution >= 4 is 68.9 Å². The van der Waals surface area contributed by atoms with Crippen LogP contribution >= 0.6 is 11.6 Å². The van der Waals surface area contributed by atoms with Gasteiger partial charge in [0.15, 0.2) is 80.1 Å². The summed E-state index contributed by atoms with van der Waals surface area (Å²) in [7, 11) is 2.08. The van der Waals surface area contributed by atoms with Crippen molar-refractivity contribution in [3.05, 3.63) is 272 Å². The number of morpholine rings is 4. The average molecular weight is 2000 g/mol. The Kier molecular flexibility index (Phi) is 26.8. The van der Waals surface area contributed by atoms with Gasteiger partial charge in [-0.25, -0.2) is 99.7 Å². The summed E-state index contributed by atoms with van der Waals surface area (Å²) in [4.78, 5) is 100. The van der Waals surface area contributed by atoms with Gasteiger partial charge < -0.3 is 43.4 Å². The molecule has 48 nitrogen and oxygen atoms in total. The maximum Gasteiger partial charge on any atom is 0.434 e. The summed E-state index contributed by atoms with van der Waals surface area (Å²) in [6.07, 6.45) is 45.3. The van der Waals surface area contributed by atoms with E-state index in [1.54, 1.807) is 149 Å². The highest BCUT2D eigenvalue weighted by Gasteiger charge is 2.38. The number of alkyl halides is 3. The molecule has 20 aromatic heterocycles. The van der Waals surface area contributed by atoms with Gasteiger partial charge >= 0.3 is 6.18 Å². The third-order valence-corrected chi connectivity index (χ3v) is 25.3. The Bertz CT molecular complexity index is 7670. The fraction of sp³-hybridized carbons (Fsp3) is 0.284. The Morgan fingerprint density at radius 3 is 0.878 bits per heavy atom. The number of nitriles is 3. The minimum atomic E-state index is -4.56. The van der Waals surface area contributed by atoms with Crippen LogP contribution < -0.4 is 24.5 Å². The Balaban J connectivity index is 0.000000108. The Morgan fingerprint density at radius 1 is 0.320 bits per heavy atom. The molecule has 0 saturated carbocycles. The molecule has 10 atom stereocenters. The minimum Gasteiger partial charge on any atom is -0.367 e. The minimum absolute atomic E-state index is 0.0436. The summed E-state index contributed by atoms with van der Waals surface area (Å²) >= 11 is 6.04. The second-order valence-corrected chi connectivity index (χ2v) is 35.5. The largest absolute Gasteiger partial charge is 0.434 e. The maximum atomic E-state index is 13.1. The lowest BCUT2D eigenvalue weighted by Gasteiger charge is -2.44.